The molecule has 1 aromatic rings. The van der Waals surface area contributed by atoms with Gasteiger partial charge in [0.05, 0.1) is 0 Å². The van der Waals surface area contributed by atoms with Crippen LogP contribution in [0, 0.1) is 13.8 Å². The highest BCUT2D eigenvalue weighted by atomic mass is 35.5. The number of amides is 1. The number of benzene rings is 1. The number of hydrogen-bond donors (Lipinski definition) is 0. The van der Waals surface area contributed by atoms with Crippen LogP contribution in [0.5, 0.6) is 0 Å². The second-order valence-corrected chi connectivity index (χ2v) is 5.06. The maximum atomic E-state index is 12.3. The van der Waals surface area contributed by atoms with Crippen LogP contribution in [-0.4, -0.2) is 29.8 Å². The molecule has 2 nitrogen and oxygen atoms in total. The first-order valence-electron chi connectivity index (χ1n) is 6.09. The zero-order valence-corrected chi connectivity index (χ0v) is 11.2. The Hall–Kier alpha value is -1.02. The van der Waals surface area contributed by atoms with Crippen LogP contribution in [0.15, 0.2) is 12.1 Å². The minimum atomic E-state index is 0.166. The molecule has 1 amide bonds. The van der Waals surface area contributed by atoms with E-state index in [0.717, 1.165) is 31.5 Å². The maximum absolute atomic E-state index is 12.3. The molecule has 1 aliphatic rings. The van der Waals surface area contributed by atoms with Crippen molar-refractivity contribution in [2.24, 2.45) is 0 Å². The number of rotatable bonds is 3. The molecule has 1 aliphatic heterocycles. The van der Waals surface area contributed by atoms with Crippen molar-refractivity contribution in [3.05, 3.63) is 34.4 Å². The Balaban J connectivity index is 2.26. The van der Waals surface area contributed by atoms with Gasteiger partial charge in [0, 0.05) is 24.5 Å². The van der Waals surface area contributed by atoms with Gasteiger partial charge in [-0.3, -0.25) is 4.79 Å². The van der Waals surface area contributed by atoms with E-state index in [-0.39, 0.29) is 5.91 Å². The van der Waals surface area contributed by atoms with Crippen LogP contribution in [0.4, 0.5) is 0 Å². The Labute approximate surface area is 108 Å². The average Bonchev–Trinajstić information content (AvgIpc) is 2.31. The average molecular weight is 252 g/mol. The fourth-order valence-corrected chi connectivity index (χ4v) is 2.39. The molecule has 0 atom stereocenters. The Bertz CT molecular complexity index is 442. The molecular weight excluding hydrogens is 234 g/mol. The summed E-state index contributed by atoms with van der Waals surface area (Å²) < 4.78 is 0. The van der Waals surface area contributed by atoms with E-state index in [4.69, 9.17) is 11.6 Å². The quantitative estimate of drug-likeness (QED) is 0.757. The molecule has 2 rings (SSSR count). The second-order valence-electron chi connectivity index (χ2n) is 4.68. The van der Waals surface area contributed by atoms with E-state index in [0.29, 0.717) is 5.88 Å². The molecular formula is C14H18ClNO. The number of carbonyl (C=O) groups excluding carboxylic acids is 1. The Morgan fingerprint density at radius 3 is 2.71 bits per heavy atom. The lowest BCUT2D eigenvalue weighted by molar-refractivity contribution is 0.0740. The summed E-state index contributed by atoms with van der Waals surface area (Å²) in [6, 6.07) is 4.18. The van der Waals surface area contributed by atoms with Gasteiger partial charge in [0.1, 0.15) is 0 Å². The van der Waals surface area contributed by atoms with Gasteiger partial charge in [-0.2, -0.15) is 0 Å². The van der Waals surface area contributed by atoms with Gasteiger partial charge < -0.3 is 4.90 Å². The molecule has 0 bridgehead atoms. The van der Waals surface area contributed by atoms with Crippen LogP contribution in [0.25, 0.3) is 0 Å². The molecule has 1 heterocycles. The topological polar surface area (TPSA) is 20.3 Å². The second kappa shape index (κ2) is 5.09. The zero-order chi connectivity index (χ0) is 12.4. The first kappa shape index (κ1) is 12.4. The molecule has 0 radical (unpaired) electrons. The van der Waals surface area contributed by atoms with Crippen molar-refractivity contribution in [3.8, 4) is 0 Å². The highest BCUT2D eigenvalue weighted by Crippen LogP contribution is 2.22. The van der Waals surface area contributed by atoms with Crippen LogP contribution >= 0.6 is 11.6 Å². The highest BCUT2D eigenvalue weighted by Gasteiger charge is 2.24. The number of fused-ring (bicyclic) bond motifs is 1. The van der Waals surface area contributed by atoms with Crippen LogP contribution in [0.3, 0.4) is 0 Å². The summed E-state index contributed by atoms with van der Waals surface area (Å²) in [4.78, 5) is 14.2. The first-order valence-corrected chi connectivity index (χ1v) is 6.62. The number of carbonyl (C=O) groups is 1. The Morgan fingerprint density at radius 1 is 1.29 bits per heavy atom. The molecule has 0 saturated heterocycles. The lowest BCUT2D eigenvalue weighted by Gasteiger charge is -2.29. The number of nitrogens with zero attached hydrogens (tertiary/aromatic N) is 1. The third-order valence-electron chi connectivity index (χ3n) is 3.45. The van der Waals surface area contributed by atoms with Gasteiger partial charge in [-0.25, -0.2) is 0 Å². The molecule has 17 heavy (non-hydrogen) atoms. The number of aryl methyl sites for hydroxylation is 2. The minimum absolute atomic E-state index is 0.166. The predicted molar refractivity (Wildman–Crippen MR) is 70.9 cm³/mol. The first-order chi connectivity index (χ1) is 8.13. The maximum Gasteiger partial charge on any atom is 0.254 e. The van der Waals surface area contributed by atoms with Gasteiger partial charge >= 0.3 is 0 Å². The molecule has 0 N–H and O–H groups in total. The monoisotopic (exact) mass is 251 g/mol. The summed E-state index contributed by atoms with van der Waals surface area (Å²) in [7, 11) is 0. The van der Waals surface area contributed by atoms with Crippen LogP contribution in [0.1, 0.15) is 33.5 Å². The molecule has 3 heteroatoms. The van der Waals surface area contributed by atoms with Crippen molar-refractivity contribution in [3.63, 3.8) is 0 Å². The van der Waals surface area contributed by atoms with Gasteiger partial charge in [-0.05, 0) is 49.4 Å². The standard InChI is InChI=1S/C14H18ClNO/c1-10-8-12-4-7-16(6-3-5-15)14(17)13(12)9-11(10)2/h8-9H,3-7H2,1-2H3. The third-order valence-corrected chi connectivity index (χ3v) is 3.72. The van der Waals surface area contributed by atoms with E-state index < -0.39 is 0 Å². The molecule has 1 aromatic carbocycles. The van der Waals surface area contributed by atoms with Crippen LogP contribution in [-0.2, 0) is 6.42 Å². The minimum Gasteiger partial charge on any atom is -0.338 e. The number of halogens is 1. The molecule has 92 valence electrons. The largest absolute Gasteiger partial charge is 0.338 e. The van der Waals surface area contributed by atoms with E-state index in [1.54, 1.807) is 0 Å². The van der Waals surface area contributed by atoms with E-state index in [1.807, 2.05) is 11.0 Å². The van der Waals surface area contributed by atoms with E-state index in [2.05, 4.69) is 19.9 Å². The fourth-order valence-electron chi connectivity index (χ4n) is 2.27. The van der Waals surface area contributed by atoms with Crippen molar-refractivity contribution < 1.29 is 4.79 Å². The highest BCUT2D eigenvalue weighted by molar-refractivity contribution is 6.17. The van der Waals surface area contributed by atoms with E-state index in [1.165, 1.54) is 16.7 Å². The van der Waals surface area contributed by atoms with E-state index >= 15 is 0 Å². The SMILES string of the molecule is Cc1cc2c(cc1C)C(=O)N(CCCCl)CC2. The zero-order valence-electron chi connectivity index (χ0n) is 10.4. The Kier molecular flexibility index (Phi) is 3.72. The van der Waals surface area contributed by atoms with Gasteiger partial charge in [0.25, 0.3) is 5.91 Å². The molecule has 0 aliphatic carbocycles. The lowest BCUT2D eigenvalue weighted by atomic mass is 9.94. The molecule has 0 unspecified atom stereocenters. The third kappa shape index (κ3) is 2.47. The number of alkyl halides is 1. The van der Waals surface area contributed by atoms with Crippen molar-refractivity contribution in [1.82, 2.24) is 4.90 Å². The van der Waals surface area contributed by atoms with Gasteiger partial charge in [-0.15, -0.1) is 11.6 Å². The molecule has 0 aromatic heterocycles. The Morgan fingerprint density at radius 2 is 2.00 bits per heavy atom. The van der Waals surface area contributed by atoms with Crippen LogP contribution in [0.2, 0.25) is 0 Å². The predicted octanol–water partition coefficient (Wildman–Crippen LogP) is 2.93. The van der Waals surface area contributed by atoms with Crippen LogP contribution < -0.4 is 0 Å². The molecule has 0 fully saturated rings. The number of hydrogen-bond acceptors (Lipinski definition) is 1. The fraction of sp³-hybridized carbons (Fsp3) is 0.500. The van der Waals surface area contributed by atoms with Crippen molar-refractivity contribution in [2.45, 2.75) is 26.7 Å². The normalized spacial score (nSPS) is 15.0. The summed E-state index contributed by atoms with van der Waals surface area (Å²) in [5.41, 5.74) is 4.54. The molecule has 0 spiro atoms. The van der Waals surface area contributed by atoms with Crippen molar-refractivity contribution in [1.29, 1.82) is 0 Å². The summed E-state index contributed by atoms with van der Waals surface area (Å²) >= 11 is 5.68. The van der Waals surface area contributed by atoms with Gasteiger partial charge in [0.2, 0.25) is 0 Å². The van der Waals surface area contributed by atoms with Crippen molar-refractivity contribution in [2.75, 3.05) is 19.0 Å². The van der Waals surface area contributed by atoms with Crippen molar-refractivity contribution >= 4 is 17.5 Å². The van der Waals surface area contributed by atoms with E-state index in [9.17, 15) is 4.79 Å². The summed E-state index contributed by atoms with van der Waals surface area (Å²) in [5, 5.41) is 0. The smallest absolute Gasteiger partial charge is 0.254 e. The van der Waals surface area contributed by atoms with Gasteiger partial charge in [-0.1, -0.05) is 6.07 Å². The van der Waals surface area contributed by atoms with Gasteiger partial charge in [0.15, 0.2) is 0 Å². The molecule has 0 saturated carbocycles. The summed E-state index contributed by atoms with van der Waals surface area (Å²) in [6.45, 7) is 5.75. The summed E-state index contributed by atoms with van der Waals surface area (Å²) in [6.07, 6.45) is 1.83. The summed E-state index contributed by atoms with van der Waals surface area (Å²) in [5.74, 6) is 0.781. The lowest BCUT2D eigenvalue weighted by Crippen LogP contribution is -2.38.